The van der Waals surface area contributed by atoms with Gasteiger partial charge in [0.1, 0.15) is 5.82 Å². The summed E-state index contributed by atoms with van der Waals surface area (Å²) in [6, 6.07) is 20.1. The van der Waals surface area contributed by atoms with Crippen molar-refractivity contribution in [3.8, 4) is 11.4 Å². The third-order valence-electron chi connectivity index (χ3n) is 4.73. The lowest BCUT2D eigenvalue weighted by Crippen LogP contribution is -2.25. The molecule has 0 aliphatic carbocycles. The molecule has 0 unspecified atom stereocenters. The molecule has 0 fully saturated rings. The van der Waals surface area contributed by atoms with Crippen LogP contribution in [-0.4, -0.2) is 16.1 Å². The van der Waals surface area contributed by atoms with Crippen molar-refractivity contribution in [3.05, 3.63) is 76.6 Å². The summed E-state index contributed by atoms with van der Waals surface area (Å²) in [5.41, 5.74) is 8.46. The van der Waals surface area contributed by atoms with E-state index >= 15 is 0 Å². The number of aromatic nitrogens is 2. The molecule has 0 radical (unpaired) electrons. The van der Waals surface area contributed by atoms with Crippen LogP contribution in [0, 0.1) is 6.92 Å². The van der Waals surface area contributed by atoms with Crippen LogP contribution in [0.3, 0.4) is 0 Å². The second-order valence-corrected chi connectivity index (χ2v) is 6.58. The van der Waals surface area contributed by atoms with Crippen LogP contribution < -0.4 is 11.3 Å². The summed E-state index contributed by atoms with van der Waals surface area (Å²) in [4.78, 5) is 18.1. The van der Waals surface area contributed by atoms with E-state index in [-0.39, 0.29) is 5.56 Å². The number of nitrogens with zero attached hydrogens (tertiary/aromatic N) is 2. The summed E-state index contributed by atoms with van der Waals surface area (Å²) in [6.07, 6.45) is 0.733. The van der Waals surface area contributed by atoms with Gasteiger partial charge in [-0.05, 0) is 42.8 Å². The van der Waals surface area contributed by atoms with Gasteiger partial charge in [-0.25, -0.2) is 4.98 Å². The Hall–Kier alpha value is -2.98. The Morgan fingerprint density at radius 2 is 1.81 bits per heavy atom. The molecule has 0 spiro atoms. The zero-order chi connectivity index (χ0) is 18.1. The maximum absolute atomic E-state index is 13.2. The van der Waals surface area contributed by atoms with Crippen LogP contribution in [0.1, 0.15) is 12.0 Å². The minimum Gasteiger partial charge on any atom is -0.330 e. The minimum absolute atomic E-state index is 0.00455. The van der Waals surface area contributed by atoms with E-state index in [9.17, 15) is 4.79 Å². The zero-order valence-electron chi connectivity index (χ0n) is 14.8. The fourth-order valence-corrected chi connectivity index (χ4v) is 3.42. The van der Waals surface area contributed by atoms with E-state index in [1.807, 2.05) is 49.4 Å². The molecule has 1 aromatic heterocycles. The lowest BCUT2D eigenvalue weighted by molar-refractivity contribution is 0.632. The van der Waals surface area contributed by atoms with Crippen LogP contribution in [0.4, 0.5) is 0 Å². The first-order valence-electron chi connectivity index (χ1n) is 8.88. The van der Waals surface area contributed by atoms with E-state index in [4.69, 9.17) is 10.7 Å². The highest BCUT2D eigenvalue weighted by atomic mass is 16.1. The Labute approximate surface area is 151 Å². The number of rotatable bonds is 4. The predicted molar refractivity (Wildman–Crippen MR) is 107 cm³/mol. The molecule has 0 amide bonds. The van der Waals surface area contributed by atoms with Gasteiger partial charge in [0, 0.05) is 12.1 Å². The van der Waals surface area contributed by atoms with Gasteiger partial charge in [0.25, 0.3) is 5.56 Å². The van der Waals surface area contributed by atoms with Crippen LogP contribution in [0.5, 0.6) is 0 Å². The molecular weight excluding hydrogens is 322 g/mol. The SMILES string of the molecule is Cc1ccc2nc(-c3cccc4ccccc34)n(CCCN)c(=O)c2c1. The first-order valence-corrected chi connectivity index (χ1v) is 8.88. The second-order valence-electron chi connectivity index (χ2n) is 6.58. The van der Waals surface area contributed by atoms with Gasteiger partial charge in [-0.2, -0.15) is 0 Å². The van der Waals surface area contributed by atoms with E-state index in [1.165, 1.54) is 0 Å². The van der Waals surface area contributed by atoms with Crippen molar-refractivity contribution in [2.75, 3.05) is 6.54 Å². The molecule has 4 nitrogen and oxygen atoms in total. The molecule has 4 heteroatoms. The first kappa shape index (κ1) is 16.5. The zero-order valence-corrected chi connectivity index (χ0v) is 14.8. The maximum atomic E-state index is 13.2. The maximum Gasteiger partial charge on any atom is 0.261 e. The number of nitrogens with two attached hydrogens (primary N) is 1. The Balaban J connectivity index is 2.07. The minimum atomic E-state index is -0.00455. The van der Waals surface area contributed by atoms with Gasteiger partial charge in [-0.15, -0.1) is 0 Å². The van der Waals surface area contributed by atoms with Crippen LogP contribution in [0.15, 0.2) is 65.5 Å². The summed E-state index contributed by atoms with van der Waals surface area (Å²) < 4.78 is 1.77. The standard InChI is InChI=1S/C22H21N3O/c1-15-10-11-20-19(14-15)22(26)25(13-5-12-23)21(24-20)18-9-4-7-16-6-2-3-8-17(16)18/h2-4,6-11,14H,5,12-13,23H2,1H3. The summed E-state index contributed by atoms with van der Waals surface area (Å²) in [5, 5.41) is 2.88. The Bertz CT molecular complexity index is 1160. The molecule has 1 heterocycles. The Kier molecular flexibility index (Phi) is 4.27. The normalized spacial score (nSPS) is 11.3. The third kappa shape index (κ3) is 2.78. The van der Waals surface area contributed by atoms with Gasteiger partial charge in [-0.3, -0.25) is 9.36 Å². The van der Waals surface area contributed by atoms with E-state index in [1.54, 1.807) is 4.57 Å². The number of hydrogen-bond acceptors (Lipinski definition) is 3. The Morgan fingerprint density at radius 3 is 2.65 bits per heavy atom. The average Bonchev–Trinajstić information content (AvgIpc) is 2.67. The van der Waals surface area contributed by atoms with E-state index in [0.717, 1.165) is 33.8 Å². The van der Waals surface area contributed by atoms with Crippen LogP contribution in [-0.2, 0) is 6.54 Å². The average molecular weight is 343 g/mol. The monoisotopic (exact) mass is 343 g/mol. The molecule has 26 heavy (non-hydrogen) atoms. The molecule has 4 rings (SSSR count). The van der Waals surface area contributed by atoms with Gasteiger partial charge in [0.2, 0.25) is 0 Å². The van der Waals surface area contributed by atoms with Crippen LogP contribution >= 0.6 is 0 Å². The molecule has 0 aliphatic heterocycles. The molecule has 0 saturated heterocycles. The smallest absolute Gasteiger partial charge is 0.261 e. The van der Waals surface area contributed by atoms with E-state index < -0.39 is 0 Å². The highest BCUT2D eigenvalue weighted by molar-refractivity contribution is 5.96. The first-order chi connectivity index (χ1) is 12.7. The van der Waals surface area contributed by atoms with Crippen molar-refractivity contribution in [1.82, 2.24) is 9.55 Å². The molecule has 3 aromatic carbocycles. The molecule has 4 aromatic rings. The van der Waals surface area contributed by atoms with Crippen molar-refractivity contribution < 1.29 is 0 Å². The van der Waals surface area contributed by atoms with Gasteiger partial charge < -0.3 is 5.73 Å². The van der Waals surface area contributed by atoms with E-state index in [0.29, 0.717) is 24.3 Å². The lowest BCUT2D eigenvalue weighted by atomic mass is 10.0. The van der Waals surface area contributed by atoms with Gasteiger partial charge in [-0.1, -0.05) is 54.1 Å². The summed E-state index contributed by atoms with van der Waals surface area (Å²) in [5.74, 6) is 0.705. The van der Waals surface area contributed by atoms with Crippen molar-refractivity contribution in [2.24, 2.45) is 5.73 Å². The lowest BCUT2D eigenvalue weighted by Gasteiger charge is -2.15. The second kappa shape index (κ2) is 6.73. The molecule has 0 saturated carbocycles. The fraction of sp³-hybridized carbons (Fsp3) is 0.182. The summed E-state index contributed by atoms with van der Waals surface area (Å²) in [6.45, 7) is 3.08. The molecule has 2 N–H and O–H groups in total. The number of fused-ring (bicyclic) bond motifs is 2. The van der Waals surface area contributed by atoms with E-state index in [2.05, 4.69) is 18.2 Å². The van der Waals surface area contributed by atoms with Gasteiger partial charge >= 0.3 is 0 Å². The number of hydrogen-bond donors (Lipinski definition) is 1. The van der Waals surface area contributed by atoms with Crippen LogP contribution in [0.2, 0.25) is 0 Å². The van der Waals surface area contributed by atoms with Crippen molar-refractivity contribution in [2.45, 2.75) is 19.9 Å². The van der Waals surface area contributed by atoms with Crippen molar-refractivity contribution in [3.63, 3.8) is 0 Å². The fourth-order valence-electron chi connectivity index (χ4n) is 3.42. The molecule has 130 valence electrons. The molecule has 0 atom stereocenters. The summed E-state index contributed by atoms with van der Waals surface area (Å²) >= 11 is 0. The highest BCUT2D eigenvalue weighted by Gasteiger charge is 2.14. The number of aryl methyl sites for hydroxylation is 1. The quantitative estimate of drug-likeness (QED) is 0.612. The summed E-state index contributed by atoms with van der Waals surface area (Å²) in [7, 11) is 0. The van der Waals surface area contributed by atoms with Crippen LogP contribution in [0.25, 0.3) is 33.1 Å². The Morgan fingerprint density at radius 1 is 1.00 bits per heavy atom. The molecule has 0 aliphatic rings. The van der Waals surface area contributed by atoms with Gasteiger partial charge in [0.15, 0.2) is 0 Å². The number of benzene rings is 3. The van der Waals surface area contributed by atoms with Crippen molar-refractivity contribution in [1.29, 1.82) is 0 Å². The molecule has 0 bridgehead atoms. The largest absolute Gasteiger partial charge is 0.330 e. The predicted octanol–water partition coefficient (Wildman–Crippen LogP) is 3.87. The molecular formula is C22H21N3O. The third-order valence-corrected chi connectivity index (χ3v) is 4.73. The van der Waals surface area contributed by atoms with Gasteiger partial charge in [0.05, 0.1) is 10.9 Å². The highest BCUT2D eigenvalue weighted by Crippen LogP contribution is 2.28. The topological polar surface area (TPSA) is 60.9 Å². The van der Waals surface area contributed by atoms with Crippen molar-refractivity contribution >= 4 is 21.7 Å².